The number of hydrogen-bond donors (Lipinski definition) is 1. The molecule has 0 aliphatic carbocycles. The molecular weight excluding hydrogens is 302 g/mol. The zero-order chi connectivity index (χ0) is 17.1. The monoisotopic (exact) mass is 329 g/mol. The van der Waals surface area contributed by atoms with Gasteiger partial charge >= 0.3 is 0 Å². The molecule has 5 heteroatoms. The molecule has 2 aromatic rings. The smallest absolute Gasteiger partial charge is 0.119 e. The molecular formula is C19H27N3O2. The highest BCUT2D eigenvalue weighted by Gasteiger charge is 2.33. The highest BCUT2D eigenvalue weighted by atomic mass is 16.5. The van der Waals surface area contributed by atoms with Gasteiger partial charge in [0, 0.05) is 43.9 Å². The summed E-state index contributed by atoms with van der Waals surface area (Å²) in [6.45, 7) is 6.80. The van der Waals surface area contributed by atoms with Gasteiger partial charge in [0.1, 0.15) is 5.75 Å². The Bertz CT molecular complexity index is 696. The van der Waals surface area contributed by atoms with Crippen molar-refractivity contribution < 1.29 is 9.47 Å². The number of methoxy groups -OCH3 is 1. The van der Waals surface area contributed by atoms with Crippen LogP contribution in [0.4, 0.5) is 0 Å². The lowest BCUT2D eigenvalue weighted by atomic mass is 9.94. The van der Waals surface area contributed by atoms with Gasteiger partial charge in [0.15, 0.2) is 0 Å². The first-order valence-corrected chi connectivity index (χ1v) is 8.55. The van der Waals surface area contributed by atoms with Gasteiger partial charge < -0.3 is 14.8 Å². The molecule has 2 heterocycles. The Morgan fingerprint density at radius 2 is 2.21 bits per heavy atom. The van der Waals surface area contributed by atoms with Gasteiger partial charge in [-0.2, -0.15) is 5.10 Å². The second-order valence-electron chi connectivity index (χ2n) is 6.53. The summed E-state index contributed by atoms with van der Waals surface area (Å²) in [4.78, 5) is 0. The number of benzene rings is 1. The minimum atomic E-state index is 0.150. The lowest BCUT2D eigenvalue weighted by molar-refractivity contribution is 0.0893. The lowest BCUT2D eigenvalue weighted by Gasteiger charge is -2.20. The number of aryl methyl sites for hydroxylation is 2. The second-order valence-corrected chi connectivity index (χ2v) is 6.53. The van der Waals surface area contributed by atoms with Crippen molar-refractivity contribution in [1.82, 2.24) is 15.1 Å². The van der Waals surface area contributed by atoms with Crippen molar-refractivity contribution in [3.05, 3.63) is 46.8 Å². The third-order valence-electron chi connectivity index (χ3n) is 4.93. The molecule has 0 spiro atoms. The van der Waals surface area contributed by atoms with E-state index in [1.807, 2.05) is 23.9 Å². The van der Waals surface area contributed by atoms with Crippen molar-refractivity contribution in [2.75, 3.05) is 20.3 Å². The molecule has 24 heavy (non-hydrogen) atoms. The van der Waals surface area contributed by atoms with Crippen LogP contribution < -0.4 is 10.1 Å². The number of hydrogen-bond acceptors (Lipinski definition) is 4. The van der Waals surface area contributed by atoms with Crippen LogP contribution in [0.5, 0.6) is 5.75 Å². The topological polar surface area (TPSA) is 48.3 Å². The van der Waals surface area contributed by atoms with Gasteiger partial charge in [-0.25, -0.2) is 0 Å². The van der Waals surface area contributed by atoms with Crippen molar-refractivity contribution >= 4 is 0 Å². The zero-order valence-electron chi connectivity index (χ0n) is 15.0. The molecule has 1 aliphatic heterocycles. The molecule has 0 amide bonds. The number of aromatic nitrogens is 2. The van der Waals surface area contributed by atoms with Crippen molar-refractivity contribution in [1.29, 1.82) is 0 Å². The van der Waals surface area contributed by atoms with E-state index in [0.29, 0.717) is 5.92 Å². The highest BCUT2D eigenvalue weighted by Crippen LogP contribution is 2.37. The van der Waals surface area contributed by atoms with E-state index in [9.17, 15) is 0 Å². The van der Waals surface area contributed by atoms with Gasteiger partial charge in [-0.1, -0.05) is 12.1 Å². The first kappa shape index (κ1) is 17.0. The summed E-state index contributed by atoms with van der Waals surface area (Å²) in [7, 11) is 3.70. The summed E-state index contributed by atoms with van der Waals surface area (Å²) in [6, 6.07) is 8.19. The molecule has 0 bridgehead atoms. The van der Waals surface area contributed by atoms with Crippen molar-refractivity contribution in [2.24, 2.45) is 13.0 Å². The third kappa shape index (κ3) is 3.47. The summed E-state index contributed by atoms with van der Waals surface area (Å²) >= 11 is 0. The van der Waals surface area contributed by atoms with Crippen LogP contribution in [0.25, 0.3) is 0 Å². The van der Waals surface area contributed by atoms with Crippen LogP contribution in [-0.4, -0.2) is 30.0 Å². The summed E-state index contributed by atoms with van der Waals surface area (Å²) in [5, 5.41) is 8.12. The minimum absolute atomic E-state index is 0.150. The van der Waals surface area contributed by atoms with E-state index in [0.717, 1.165) is 37.6 Å². The Hall–Kier alpha value is -1.85. The van der Waals surface area contributed by atoms with E-state index in [1.165, 1.54) is 16.8 Å². The molecule has 1 saturated heterocycles. The summed E-state index contributed by atoms with van der Waals surface area (Å²) in [5.74, 6) is 1.38. The molecule has 0 saturated carbocycles. The van der Waals surface area contributed by atoms with Crippen molar-refractivity contribution in [2.45, 2.75) is 32.9 Å². The molecule has 1 aliphatic rings. The van der Waals surface area contributed by atoms with E-state index < -0.39 is 0 Å². The van der Waals surface area contributed by atoms with Gasteiger partial charge in [0.25, 0.3) is 0 Å². The molecule has 130 valence electrons. The Labute approximate surface area is 144 Å². The Morgan fingerprint density at radius 1 is 1.38 bits per heavy atom. The summed E-state index contributed by atoms with van der Waals surface area (Å²) in [6.07, 6.45) is 1.24. The minimum Gasteiger partial charge on any atom is -0.497 e. The first-order valence-electron chi connectivity index (χ1n) is 8.55. The maximum Gasteiger partial charge on any atom is 0.119 e. The van der Waals surface area contributed by atoms with E-state index >= 15 is 0 Å². The molecule has 0 unspecified atom stereocenters. The van der Waals surface area contributed by atoms with E-state index in [1.54, 1.807) is 7.11 Å². The van der Waals surface area contributed by atoms with Gasteiger partial charge in [-0.05, 0) is 38.0 Å². The highest BCUT2D eigenvalue weighted by molar-refractivity contribution is 5.29. The van der Waals surface area contributed by atoms with E-state index in [4.69, 9.17) is 9.47 Å². The van der Waals surface area contributed by atoms with Crippen LogP contribution in [-0.2, 0) is 18.3 Å². The molecule has 1 aromatic heterocycles. The Balaban J connectivity index is 1.62. The fourth-order valence-corrected chi connectivity index (χ4v) is 3.55. The van der Waals surface area contributed by atoms with Crippen molar-refractivity contribution in [3.63, 3.8) is 0 Å². The molecule has 3 rings (SSSR count). The number of nitrogens with zero attached hydrogens (tertiary/aromatic N) is 2. The lowest BCUT2D eigenvalue weighted by Crippen LogP contribution is -2.25. The third-order valence-corrected chi connectivity index (χ3v) is 4.93. The molecule has 0 radical (unpaired) electrons. The zero-order valence-corrected chi connectivity index (χ0v) is 15.0. The van der Waals surface area contributed by atoms with Gasteiger partial charge in [0.05, 0.1) is 18.9 Å². The standard InChI is InChI=1S/C19H27N3O2/c1-13-18(14(2)22(3)21-13)19-16(8-9-24-19)12-20-11-15-6-5-7-17(10-15)23-4/h5-7,10,16,19-20H,8-9,11-12H2,1-4H3/t16-,19-/m0/s1. The number of nitrogens with one attached hydrogen (secondary N) is 1. The maximum absolute atomic E-state index is 6.05. The van der Waals surface area contributed by atoms with E-state index in [2.05, 4.69) is 36.4 Å². The fraction of sp³-hybridized carbons (Fsp3) is 0.526. The van der Waals surface area contributed by atoms with Gasteiger partial charge in [-0.15, -0.1) is 0 Å². The summed E-state index contributed by atoms with van der Waals surface area (Å²) in [5.41, 5.74) is 4.79. The Morgan fingerprint density at radius 3 is 2.92 bits per heavy atom. The van der Waals surface area contributed by atoms with Crippen LogP contribution in [0, 0.1) is 19.8 Å². The van der Waals surface area contributed by atoms with Crippen LogP contribution in [0.15, 0.2) is 24.3 Å². The van der Waals surface area contributed by atoms with Crippen LogP contribution in [0.2, 0.25) is 0 Å². The molecule has 1 aromatic carbocycles. The number of rotatable bonds is 6. The molecule has 5 nitrogen and oxygen atoms in total. The van der Waals surface area contributed by atoms with Crippen molar-refractivity contribution in [3.8, 4) is 5.75 Å². The Kier molecular flexibility index (Phi) is 5.21. The quantitative estimate of drug-likeness (QED) is 0.885. The number of ether oxygens (including phenoxy) is 2. The van der Waals surface area contributed by atoms with Gasteiger partial charge in [0.2, 0.25) is 0 Å². The first-order chi connectivity index (χ1) is 11.6. The summed E-state index contributed by atoms with van der Waals surface area (Å²) < 4.78 is 13.3. The predicted molar refractivity (Wildman–Crippen MR) is 94.2 cm³/mol. The molecule has 1 N–H and O–H groups in total. The van der Waals surface area contributed by atoms with Crippen LogP contribution >= 0.6 is 0 Å². The largest absolute Gasteiger partial charge is 0.497 e. The second kappa shape index (κ2) is 7.36. The van der Waals surface area contributed by atoms with Crippen LogP contribution in [0.3, 0.4) is 0 Å². The van der Waals surface area contributed by atoms with Crippen LogP contribution in [0.1, 0.15) is 35.0 Å². The fourth-order valence-electron chi connectivity index (χ4n) is 3.55. The van der Waals surface area contributed by atoms with Gasteiger partial charge in [-0.3, -0.25) is 4.68 Å². The predicted octanol–water partition coefficient (Wildman–Crippen LogP) is 2.91. The van der Waals surface area contributed by atoms with E-state index in [-0.39, 0.29) is 6.10 Å². The molecule has 1 fully saturated rings. The maximum atomic E-state index is 6.05. The average molecular weight is 329 g/mol. The average Bonchev–Trinajstić information content (AvgIpc) is 3.12. The normalized spacial score (nSPS) is 20.5. The SMILES string of the molecule is COc1cccc(CNC[C@@H]2CCO[C@@H]2c2c(C)nn(C)c2C)c1. The molecule has 2 atom stereocenters.